The first-order chi connectivity index (χ1) is 15.8. The molecule has 1 saturated carbocycles. The second kappa shape index (κ2) is 10.6. The maximum Gasteiger partial charge on any atom is 0.168 e. The molecule has 0 radical (unpaired) electrons. The zero-order chi connectivity index (χ0) is 24.0. The van der Waals surface area contributed by atoms with E-state index in [0.717, 1.165) is 5.56 Å². The minimum absolute atomic E-state index is 0.0174. The molecule has 0 saturated heterocycles. The number of hydrogen-bond acceptors (Lipinski definition) is 6. The molecule has 1 N–H and O–H groups in total. The molecule has 0 amide bonds. The first-order valence-corrected chi connectivity index (χ1v) is 11.3. The normalized spacial score (nSPS) is 18.2. The lowest BCUT2D eigenvalue weighted by atomic mass is 9.73. The molecule has 2 aromatic carbocycles. The van der Waals surface area contributed by atoms with Gasteiger partial charge in [-0.25, -0.2) is 0 Å². The van der Waals surface area contributed by atoms with Crippen LogP contribution < -0.4 is 14.2 Å². The van der Waals surface area contributed by atoms with Crippen molar-refractivity contribution in [3.63, 3.8) is 0 Å². The number of nitrogens with zero attached hydrogens (tertiary/aromatic N) is 1. The van der Waals surface area contributed by atoms with Crippen LogP contribution in [0.15, 0.2) is 58.8 Å². The van der Waals surface area contributed by atoms with Crippen LogP contribution in [0.5, 0.6) is 17.2 Å². The Kier molecular flexibility index (Phi) is 7.79. The van der Waals surface area contributed by atoms with E-state index in [4.69, 9.17) is 19.2 Å². The van der Waals surface area contributed by atoms with Gasteiger partial charge >= 0.3 is 0 Å². The van der Waals surface area contributed by atoms with Crippen LogP contribution in [0.4, 0.5) is 5.69 Å². The number of rotatable bonds is 8. The van der Waals surface area contributed by atoms with Crippen LogP contribution in [-0.4, -0.2) is 36.9 Å². The molecule has 0 heterocycles. The van der Waals surface area contributed by atoms with Crippen LogP contribution in [0.1, 0.15) is 46.1 Å². The highest BCUT2D eigenvalue weighted by molar-refractivity contribution is 6.25. The topological polar surface area (TPSA) is 77.4 Å². The molecule has 2 aromatic rings. The number of aliphatic imine (C=N–C) groups is 1. The van der Waals surface area contributed by atoms with Crippen molar-refractivity contribution in [2.45, 2.75) is 47.0 Å². The summed E-state index contributed by atoms with van der Waals surface area (Å²) >= 11 is 0. The molecule has 0 atom stereocenters. The molecule has 6 heteroatoms. The fourth-order valence-electron chi connectivity index (χ4n) is 4.03. The Morgan fingerprint density at radius 3 is 2.45 bits per heavy atom. The lowest BCUT2D eigenvalue weighted by molar-refractivity contribution is -0.117. The maximum absolute atomic E-state index is 13.1. The summed E-state index contributed by atoms with van der Waals surface area (Å²) in [5.41, 5.74) is 2.17. The van der Waals surface area contributed by atoms with Crippen molar-refractivity contribution < 1.29 is 24.1 Å². The molecule has 0 aliphatic heterocycles. The molecule has 33 heavy (non-hydrogen) atoms. The maximum atomic E-state index is 13.1. The molecule has 1 aliphatic rings. The SMILES string of the molecule is CCOc1ccc(CC(O)=C2C(=O)CC(C)(C)CC2=Nc2cccc(OC)c2)cc1OCC. The first kappa shape index (κ1) is 24.4. The Morgan fingerprint density at radius 1 is 1.03 bits per heavy atom. The number of hydrogen-bond donors (Lipinski definition) is 1. The number of Topliss-reactive ketones (excluding diaryl/α,β-unsaturated/α-hetero) is 1. The van der Waals surface area contributed by atoms with E-state index in [9.17, 15) is 9.90 Å². The van der Waals surface area contributed by atoms with Crippen LogP contribution in [0, 0.1) is 5.41 Å². The second-order valence-corrected chi connectivity index (χ2v) is 8.85. The average Bonchev–Trinajstić information content (AvgIpc) is 2.75. The van der Waals surface area contributed by atoms with Crippen LogP contribution in [0.2, 0.25) is 0 Å². The van der Waals surface area contributed by atoms with Gasteiger partial charge in [0.05, 0.1) is 37.3 Å². The van der Waals surface area contributed by atoms with E-state index in [1.807, 2.05) is 70.2 Å². The molecule has 0 aromatic heterocycles. The Bertz CT molecular complexity index is 1070. The third-order valence-electron chi connectivity index (χ3n) is 5.44. The third kappa shape index (κ3) is 6.15. The number of carbonyl (C=O) groups excluding carboxylic acids is 1. The van der Waals surface area contributed by atoms with Gasteiger partial charge in [0.15, 0.2) is 17.3 Å². The number of aliphatic hydroxyl groups is 1. The van der Waals surface area contributed by atoms with Crippen molar-refractivity contribution in [1.29, 1.82) is 0 Å². The predicted octanol–water partition coefficient (Wildman–Crippen LogP) is 6.01. The quantitative estimate of drug-likeness (QED) is 0.393. The summed E-state index contributed by atoms with van der Waals surface area (Å²) < 4.78 is 16.6. The minimum Gasteiger partial charge on any atom is -0.511 e. The van der Waals surface area contributed by atoms with Crippen molar-refractivity contribution >= 4 is 17.2 Å². The summed E-state index contributed by atoms with van der Waals surface area (Å²) in [6.45, 7) is 8.94. The second-order valence-electron chi connectivity index (χ2n) is 8.85. The van der Waals surface area contributed by atoms with Gasteiger partial charge in [0, 0.05) is 18.9 Å². The van der Waals surface area contributed by atoms with Crippen LogP contribution in [0.3, 0.4) is 0 Å². The lowest BCUT2D eigenvalue weighted by Crippen LogP contribution is -2.32. The van der Waals surface area contributed by atoms with Crippen molar-refractivity contribution in [3.8, 4) is 17.2 Å². The summed E-state index contributed by atoms with van der Waals surface area (Å²) in [4.78, 5) is 17.9. The number of ether oxygens (including phenoxy) is 3. The van der Waals surface area contributed by atoms with Gasteiger partial charge in [0.2, 0.25) is 0 Å². The van der Waals surface area contributed by atoms with E-state index in [1.165, 1.54) is 0 Å². The van der Waals surface area contributed by atoms with Crippen LogP contribution in [-0.2, 0) is 11.2 Å². The van der Waals surface area contributed by atoms with Gasteiger partial charge in [-0.05, 0) is 55.5 Å². The van der Waals surface area contributed by atoms with Gasteiger partial charge in [0.1, 0.15) is 11.5 Å². The molecule has 0 unspecified atom stereocenters. The van der Waals surface area contributed by atoms with Gasteiger partial charge in [-0.1, -0.05) is 26.0 Å². The Balaban J connectivity index is 2.00. The highest BCUT2D eigenvalue weighted by Crippen LogP contribution is 2.37. The van der Waals surface area contributed by atoms with Crippen molar-refractivity contribution in [2.75, 3.05) is 20.3 Å². The first-order valence-electron chi connectivity index (χ1n) is 11.3. The summed E-state index contributed by atoms with van der Waals surface area (Å²) in [7, 11) is 1.60. The molecular formula is C27H33NO5. The van der Waals surface area contributed by atoms with Gasteiger partial charge < -0.3 is 19.3 Å². The third-order valence-corrected chi connectivity index (χ3v) is 5.44. The standard InChI is InChI=1S/C27H33NO5/c1-6-32-24-12-11-18(14-25(24)33-7-2)13-22(29)26-21(16-27(3,4)17-23(26)30)28-19-9-8-10-20(15-19)31-5/h8-12,14-15,29H,6-7,13,16-17H2,1-5H3. The number of aliphatic hydroxyl groups excluding tert-OH is 1. The summed E-state index contributed by atoms with van der Waals surface area (Å²) in [5, 5.41) is 11.1. The highest BCUT2D eigenvalue weighted by atomic mass is 16.5. The fraction of sp³-hybridized carbons (Fsp3) is 0.407. The molecule has 1 fully saturated rings. The summed E-state index contributed by atoms with van der Waals surface area (Å²) in [5.74, 6) is 1.89. The van der Waals surface area contributed by atoms with E-state index in [-0.39, 0.29) is 23.4 Å². The zero-order valence-corrected chi connectivity index (χ0v) is 20.1. The van der Waals surface area contributed by atoms with Gasteiger partial charge in [-0.3, -0.25) is 9.79 Å². The monoisotopic (exact) mass is 451 g/mol. The lowest BCUT2D eigenvalue weighted by Gasteiger charge is -2.31. The number of allylic oxidation sites excluding steroid dienone is 2. The Hall–Kier alpha value is -3.28. The molecular weight excluding hydrogens is 418 g/mol. The number of carbonyl (C=O) groups is 1. The van der Waals surface area contributed by atoms with E-state index in [2.05, 4.69) is 0 Å². The smallest absolute Gasteiger partial charge is 0.168 e. The minimum atomic E-state index is -0.236. The highest BCUT2D eigenvalue weighted by Gasteiger charge is 2.36. The van der Waals surface area contributed by atoms with Crippen molar-refractivity contribution in [1.82, 2.24) is 0 Å². The predicted molar refractivity (Wildman–Crippen MR) is 130 cm³/mol. The number of ketones is 1. The Labute approximate surface area is 195 Å². The number of benzene rings is 2. The summed E-state index contributed by atoms with van der Waals surface area (Å²) in [6.07, 6.45) is 1.14. The molecule has 6 nitrogen and oxygen atoms in total. The van der Waals surface area contributed by atoms with Crippen molar-refractivity contribution in [2.24, 2.45) is 10.4 Å². The molecule has 0 bridgehead atoms. The largest absolute Gasteiger partial charge is 0.511 e. The Morgan fingerprint density at radius 2 is 1.76 bits per heavy atom. The average molecular weight is 452 g/mol. The van der Waals surface area contributed by atoms with E-state index < -0.39 is 0 Å². The zero-order valence-electron chi connectivity index (χ0n) is 20.1. The van der Waals surface area contributed by atoms with Gasteiger partial charge in [-0.2, -0.15) is 0 Å². The molecule has 176 valence electrons. The van der Waals surface area contributed by atoms with E-state index in [1.54, 1.807) is 7.11 Å². The van der Waals surface area contributed by atoms with Crippen LogP contribution >= 0.6 is 0 Å². The molecule has 1 aliphatic carbocycles. The van der Waals surface area contributed by atoms with Gasteiger partial charge in [-0.15, -0.1) is 0 Å². The number of methoxy groups -OCH3 is 1. The molecule has 3 rings (SSSR count). The van der Waals surface area contributed by atoms with Crippen LogP contribution in [0.25, 0.3) is 0 Å². The van der Waals surface area contributed by atoms with Gasteiger partial charge in [0.25, 0.3) is 0 Å². The fourth-order valence-corrected chi connectivity index (χ4v) is 4.03. The molecule has 0 spiro atoms. The van der Waals surface area contributed by atoms with E-state index in [0.29, 0.717) is 60.3 Å². The summed E-state index contributed by atoms with van der Waals surface area (Å²) in [6, 6.07) is 12.9. The van der Waals surface area contributed by atoms with Crippen molar-refractivity contribution in [3.05, 3.63) is 59.4 Å². The van der Waals surface area contributed by atoms with E-state index >= 15 is 0 Å².